The lowest BCUT2D eigenvalue weighted by atomic mass is 10.2. The minimum atomic E-state index is 0.619. The first kappa shape index (κ1) is 11.1. The molecule has 96 valence electrons. The minimum Gasteiger partial charge on any atom is -0.419 e. The molecule has 0 atom stereocenters. The van der Waals surface area contributed by atoms with E-state index < -0.39 is 0 Å². The van der Waals surface area contributed by atoms with Crippen LogP contribution in [0.2, 0.25) is 0 Å². The summed E-state index contributed by atoms with van der Waals surface area (Å²) in [5, 5.41) is 12.8. The van der Waals surface area contributed by atoms with Crippen LogP contribution in [-0.2, 0) is 6.54 Å². The third-order valence-corrected chi connectivity index (χ3v) is 4.33. The molecule has 2 aromatic heterocycles. The van der Waals surface area contributed by atoms with Crippen molar-refractivity contribution in [2.24, 2.45) is 0 Å². The normalized spacial score (nSPS) is 15.2. The zero-order valence-electron chi connectivity index (χ0n) is 10.3. The maximum Gasteiger partial charge on any atom is 0.257 e. The molecule has 0 aliphatic heterocycles. The van der Waals surface area contributed by atoms with E-state index in [-0.39, 0.29) is 0 Å². The summed E-state index contributed by atoms with van der Waals surface area (Å²) in [7, 11) is 0. The first-order valence-electron chi connectivity index (χ1n) is 6.43. The summed E-state index contributed by atoms with van der Waals surface area (Å²) in [6.07, 6.45) is 2.52. The minimum absolute atomic E-state index is 0.619. The fourth-order valence-electron chi connectivity index (χ4n) is 2.03. The van der Waals surface area contributed by atoms with Gasteiger partial charge in [0.05, 0.1) is 11.4 Å². The van der Waals surface area contributed by atoms with Crippen LogP contribution in [0.3, 0.4) is 0 Å². The number of hydrogen-bond donors (Lipinski definition) is 1. The van der Waals surface area contributed by atoms with E-state index in [1.165, 1.54) is 22.9 Å². The van der Waals surface area contributed by atoms with Gasteiger partial charge in [-0.25, -0.2) is 0 Å². The van der Waals surface area contributed by atoms with Gasteiger partial charge in [0.15, 0.2) is 0 Å². The fraction of sp³-hybridized carbons (Fsp3) is 0.286. The largest absolute Gasteiger partial charge is 0.419 e. The smallest absolute Gasteiger partial charge is 0.257 e. The van der Waals surface area contributed by atoms with Crippen LogP contribution in [0.4, 0.5) is 0 Å². The first-order valence-corrected chi connectivity index (χ1v) is 7.25. The zero-order valence-corrected chi connectivity index (χ0v) is 11.1. The van der Waals surface area contributed by atoms with E-state index in [1.54, 1.807) is 11.3 Å². The summed E-state index contributed by atoms with van der Waals surface area (Å²) < 4.78 is 6.95. The number of rotatable bonds is 4. The highest BCUT2D eigenvalue weighted by atomic mass is 32.1. The van der Waals surface area contributed by atoms with Gasteiger partial charge in [0.25, 0.3) is 5.89 Å². The van der Waals surface area contributed by atoms with Crippen LogP contribution in [0.1, 0.15) is 18.7 Å². The topological polar surface area (TPSA) is 51.0 Å². The number of hydrogen-bond acceptors (Lipinski definition) is 5. The summed E-state index contributed by atoms with van der Waals surface area (Å²) in [4.78, 5) is 1.03. The highest BCUT2D eigenvalue weighted by Gasteiger charge is 2.21. The molecule has 1 aliphatic rings. The SMILES string of the molecule is c1ccc2sc(-c3nnc(CNC4CC4)o3)cc2c1. The second-order valence-electron chi connectivity index (χ2n) is 4.80. The molecule has 0 radical (unpaired) electrons. The fourth-order valence-corrected chi connectivity index (χ4v) is 3.02. The van der Waals surface area contributed by atoms with Crippen LogP contribution in [0.25, 0.3) is 20.9 Å². The van der Waals surface area contributed by atoms with Gasteiger partial charge in [0.2, 0.25) is 5.89 Å². The Hall–Kier alpha value is -1.72. The van der Waals surface area contributed by atoms with Crippen molar-refractivity contribution in [1.82, 2.24) is 15.5 Å². The summed E-state index contributed by atoms with van der Waals surface area (Å²) in [5.41, 5.74) is 0. The molecule has 0 unspecified atom stereocenters. The van der Waals surface area contributed by atoms with Crippen molar-refractivity contribution in [2.75, 3.05) is 0 Å². The first-order chi connectivity index (χ1) is 9.38. The highest BCUT2D eigenvalue weighted by molar-refractivity contribution is 7.22. The van der Waals surface area contributed by atoms with Crippen molar-refractivity contribution in [3.8, 4) is 10.8 Å². The van der Waals surface area contributed by atoms with Gasteiger partial charge in [-0.1, -0.05) is 18.2 Å². The molecule has 1 aromatic carbocycles. The van der Waals surface area contributed by atoms with Crippen molar-refractivity contribution >= 4 is 21.4 Å². The van der Waals surface area contributed by atoms with Crippen molar-refractivity contribution < 1.29 is 4.42 Å². The van der Waals surface area contributed by atoms with E-state index in [2.05, 4.69) is 33.7 Å². The summed E-state index contributed by atoms with van der Waals surface area (Å²) >= 11 is 1.68. The second kappa shape index (κ2) is 4.43. The lowest BCUT2D eigenvalue weighted by molar-refractivity contribution is 0.477. The Morgan fingerprint density at radius 1 is 1.26 bits per heavy atom. The maximum absolute atomic E-state index is 5.70. The molecule has 0 amide bonds. The molecule has 1 saturated carbocycles. The van der Waals surface area contributed by atoms with Gasteiger partial charge in [-0.05, 0) is 30.4 Å². The van der Waals surface area contributed by atoms with Gasteiger partial charge in [0, 0.05) is 10.7 Å². The third kappa shape index (κ3) is 2.27. The van der Waals surface area contributed by atoms with Crippen LogP contribution in [0, 0.1) is 0 Å². The number of fused-ring (bicyclic) bond motifs is 1. The molecular formula is C14H13N3OS. The molecule has 1 fully saturated rings. The quantitative estimate of drug-likeness (QED) is 0.791. The van der Waals surface area contributed by atoms with Gasteiger partial charge in [-0.3, -0.25) is 0 Å². The Morgan fingerprint density at radius 2 is 2.16 bits per heavy atom. The summed E-state index contributed by atoms with van der Waals surface area (Å²) in [6.45, 7) is 0.669. The van der Waals surface area contributed by atoms with E-state index in [4.69, 9.17) is 4.42 Å². The molecule has 5 heteroatoms. The average molecular weight is 271 g/mol. The Labute approximate surface area is 114 Å². The monoisotopic (exact) mass is 271 g/mol. The Balaban J connectivity index is 1.60. The number of thiophene rings is 1. The predicted octanol–water partition coefficient (Wildman–Crippen LogP) is 3.20. The molecule has 2 heterocycles. The number of nitrogens with one attached hydrogen (secondary N) is 1. The van der Waals surface area contributed by atoms with Crippen LogP contribution >= 0.6 is 11.3 Å². The van der Waals surface area contributed by atoms with Gasteiger partial charge < -0.3 is 9.73 Å². The van der Waals surface area contributed by atoms with E-state index in [0.29, 0.717) is 24.4 Å². The third-order valence-electron chi connectivity index (χ3n) is 3.22. The zero-order chi connectivity index (χ0) is 12.7. The van der Waals surface area contributed by atoms with Crippen LogP contribution in [0.5, 0.6) is 0 Å². The van der Waals surface area contributed by atoms with E-state index in [1.807, 2.05) is 12.1 Å². The van der Waals surface area contributed by atoms with E-state index in [0.717, 1.165) is 4.88 Å². The lowest BCUT2D eigenvalue weighted by Gasteiger charge is -1.95. The molecule has 1 N–H and O–H groups in total. The molecule has 3 aromatic rings. The number of aromatic nitrogens is 2. The molecule has 0 saturated heterocycles. The maximum atomic E-state index is 5.70. The molecule has 4 nitrogen and oxygen atoms in total. The van der Waals surface area contributed by atoms with Crippen molar-refractivity contribution in [3.05, 3.63) is 36.2 Å². The number of benzene rings is 1. The molecular weight excluding hydrogens is 258 g/mol. The van der Waals surface area contributed by atoms with Crippen LogP contribution in [-0.4, -0.2) is 16.2 Å². The van der Waals surface area contributed by atoms with Gasteiger partial charge in [-0.2, -0.15) is 0 Å². The van der Waals surface area contributed by atoms with Crippen molar-refractivity contribution in [2.45, 2.75) is 25.4 Å². The van der Waals surface area contributed by atoms with Gasteiger partial charge in [-0.15, -0.1) is 21.5 Å². The van der Waals surface area contributed by atoms with E-state index in [9.17, 15) is 0 Å². The summed E-state index contributed by atoms with van der Waals surface area (Å²) in [6, 6.07) is 11.0. The average Bonchev–Trinajstić information content (AvgIpc) is 2.99. The van der Waals surface area contributed by atoms with Gasteiger partial charge >= 0.3 is 0 Å². The standard InChI is InChI=1S/C14H13N3OS/c1-2-4-11-9(3-1)7-12(19-11)14-17-16-13(18-14)8-15-10-5-6-10/h1-4,7,10,15H,5-6,8H2. The molecule has 1 aliphatic carbocycles. The highest BCUT2D eigenvalue weighted by Crippen LogP contribution is 2.32. The van der Waals surface area contributed by atoms with Crippen LogP contribution in [0.15, 0.2) is 34.7 Å². The Kier molecular flexibility index (Phi) is 2.60. The van der Waals surface area contributed by atoms with Crippen molar-refractivity contribution in [3.63, 3.8) is 0 Å². The predicted molar refractivity (Wildman–Crippen MR) is 75.0 cm³/mol. The lowest BCUT2D eigenvalue weighted by Crippen LogP contribution is -2.15. The van der Waals surface area contributed by atoms with E-state index >= 15 is 0 Å². The molecule has 0 bridgehead atoms. The van der Waals surface area contributed by atoms with Crippen LogP contribution < -0.4 is 5.32 Å². The second-order valence-corrected chi connectivity index (χ2v) is 5.89. The molecule has 0 spiro atoms. The molecule has 19 heavy (non-hydrogen) atoms. The Morgan fingerprint density at radius 3 is 3.00 bits per heavy atom. The summed E-state index contributed by atoms with van der Waals surface area (Å²) in [5.74, 6) is 1.29. The Bertz CT molecular complexity index is 681. The van der Waals surface area contributed by atoms with Gasteiger partial charge in [0.1, 0.15) is 0 Å². The van der Waals surface area contributed by atoms with Crippen molar-refractivity contribution in [1.29, 1.82) is 0 Å². The number of nitrogens with zero attached hydrogens (tertiary/aromatic N) is 2. The molecule has 4 rings (SSSR count).